The van der Waals surface area contributed by atoms with Gasteiger partial charge < -0.3 is 4.74 Å². The molecule has 0 aliphatic rings. The zero-order valence-corrected chi connectivity index (χ0v) is 15.8. The van der Waals surface area contributed by atoms with Gasteiger partial charge in [-0.15, -0.1) is 10.2 Å². The second kappa shape index (κ2) is 7.90. The number of nitrogens with one attached hydrogen (secondary N) is 2. The number of halogens is 2. The summed E-state index contributed by atoms with van der Waals surface area (Å²) in [4.78, 5) is 37.8. The van der Waals surface area contributed by atoms with Gasteiger partial charge in [0.2, 0.25) is 11.6 Å². The minimum Gasteiger partial charge on any atom is -0.434 e. The second-order valence-electron chi connectivity index (χ2n) is 5.41. The van der Waals surface area contributed by atoms with Crippen LogP contribution in [0.2, 0.25) is 10.0 Å². The van der Waals surface area contributed by atoms with Crippen LogP contribution in [0.4, 0.5) is 0 Å². The van der Waals surface area contributed by atoms with Crippen LogP contribution in [-0.4, -0.2) is 25.0 Å². The fourth-order valence-corrected chi connectivity index (χ4v) is 2.57. The number of nitriles is 1. The molecule has 2 aromatic heterocycles. The van der Waals surface area contributed by atoms with Crippen molar-refractivity contribution in [2.45, 2.75) is 19.7 Å². The first-order valence-electron chi connectivity index (χ1n) is 10.6. The average molecular weight is 441 g/mol. The lowest BCUT2D eigenvalue weighted by Crippen LogP contribution is -2.33. The molecule has 0 saturated heterocycles. The van der Waals surface area contributed by atoms with Crippen molar-refractivity contribution in [2.75, 3.05) is 0 Å². The fourth-order valence-electron chi connectivity index (χ4n) is 2.08. The zero-order valence-electron chi connectivity index (χ0n) is 20.3. The van der Waals surface area contributed by atoms with E-state index in [0.717, 1.165) is 0 Å². The Morgan fingerprint density at radius 3 is 2.59 bits per heavy atom. The third-order valence-electron chi connectivity index (χ3n) is 3.38. The number of aromatic nitrogens is 5. The molecule has 1 unspecified atom stereocenters. The van der Waals surface area contributed by atoms with Gasteiger partial charge in [0, 0.05) is 15.7 Å². The van der Waals surface area contributed by atoms with Gasteiger partial charge in [0.1, 0.15) is 6.07 Å². The maximum atomic E-state index is 12.2. The van der Waals surface area contributed by atoms with Crippen molar-refractivity contribution in [3.63, 3.8) is 0 Å². The first kappa shape index (κ1) is 13.7. The molecule has 29 heavy (non-hydrogen) atoms. The van der Waals surface area contributed by atoms with Crippen molar-refractivity contribution in [2.24, 2.45) is 0 Å². The summed E-state index contributed by atoms with van der Waals surface area (Å²) in [5, 5.41) is 16.9. The van der Waals surface area contributed by atoms with E-state index >= 15 is 0 Å². The Morgan fingerprint density at radius 2 is 1.97 bits per heavy atom. The van der Waals surface area contributed by atoms with Gasteiger partial charge >= 0.3 is 5.69 Å². The van der Waals surface area contributed by atoms with Gasteiger partial charge in [-0.1, -0.05) is 37.0 Å². The van der Waals surface area contributed by atoms with E-state index in [9.17, 15) is 14.4 Å². The van der Waals surface area contributed by atoms with Crippen molar-refractivity contribution in [3.05, 3.63) is 70.6 Å². The van der Waals surface area contributed by atoms with Crippen LogP contribution in [-0.2, 0) is 0 Å². The molecule has 148 valence electrons. The Bertz CT molecular complexity index is 1550. The number of ether oxygens (including phenoxy) is 1. The molecule has 0 aliphatic carbocycles. The molecule has 10 nitrogen and oxygen atoms in total. The highest BCUT2D eigenvalue weighted by molar-refractivity contribution is 6.37. The standard InChI is InChI=1S/C17H12Cl2N6O4/c1-7(2)9-5-13(22-23-15(9)26)29-14-10(18)3-8(4-11(14)19)25-17(28)21-16(27)12(6-20)24-25/h3-5,7H,1-2H3,(H,23,26)(H,21,27,28)/i1D3,3D,4D,5D. The van der Waals surface area contributed by atoms with Crippen LogP contribution in [0.1, 0.15) is 39.2 Å². The minimum atomic E-state index is -2.62. The Hall–Kier alpha value is -3.42. The van der Waals surface area contributed by atoms with E-state index in [1.807, 2.05) is 10.1 Å². The number of hydrogen-bond acceptors (Lipinski definition) is 7. The van der Waals surface area contributed by atoms with E-state index < -0.39 is 86.3 Å². The lowest BCUT2D eigenvalue weighted by Gasteiger charge is -2.12. The number of H-pyrrole nitrogens is 2. The third kappa shape index (κ3) is 4.06. The molecule has 1 atom stereocenters. The summed E-state index contributed by atoms with van der Waals surface area (Å²) in [6.45, 7) is -1.41. The molecule has 12 heteroatoms. The van der Waals surface area contributed by atoms with Crippen LogP contribution >= 0.6 is 23.2 Å². The quantitative estimate of drug-likeness (QED) is 0.630. The summed E-state index contributed by atoms with van der Waals surface area (Å²) in [5.41, 5.74) is -4.98. The minimum absolute atomic E-state index is 0.385. The Morgan fingerprint density at radius 1 is 1.28 bits per heavy atom. The molecule has 3 rings (SSSR count). The molecule has 0 bridgehead atoms. The lowest BCUT2D eigenvalue weighted by molar-refractivity contribution is 0.452. The summed E-state index contributed by atoms with van der Waals surface area (Å²) < 4.78 is 53.1. The predicted molar refractivity (Wildman–Crippen MR) is 104 cm³/mol. The molecule has 3 aromatic rings. The van der Waals surface area contributed by atoms with Crippen LogP contribution in [0.15, 0.2) is 32.5 Å². The van der Waals surface area contributed by atoms with Crippen molar-refractivity contribution < 1.29 is 13.0 Å². The van der Waals surface area contributed by atoms with E-state index in [0.29, 0.717) is 4.68 Å². The summed E-state index contributed by atoms with van der Waals surface area (Å²) in [5.74, 6) is -2.56. The van der Waals surface area contributed by atoms with Gasteiger partial charge in [-0.2, -0.15) is 9.94 Å². The van der Waals surface area contributed by atoms with E-state index in [1.54, 1.807) is 0 Å². The van der Waals surface area contributed by atoms with Gasteiger partial charge in [-0.25, -0.2) is 9.89 Å². The van der Waals surface area contributed by atoms with Crippen LogP contribution in [0.25, 0.3) is 5.69 Å². The number of rotatable bonds is 4. The molecule has 1 aromatic carbocycles. The van der Waals surface area contributed by atoms with Crippen LogP contribution in [0.3, 0.4) is 0 Å². The van der Waals surface area contributed by atoms with Gasteiger partial charge in [-0.05, 0) is 18.0 Å². The molecular formula is C17H12Cl2N6O4. The van der Waals surface area contributed by atoms with Crippen molar-refractivity contribution in [1.29, 1.82) is 5.26 Å². The van der Waals surface area contributed by atoms with Crippen LogP contribution in [0, 0.1) is 11.3 Å². The van der Waals surface area contributed by atoms with Crippen molar-refractivity contribution in [3.8, 4) is 23.4 Å². The summed E-state index contributed by atoms with van der Waals surface area (Å²) in [7, 11) is 0. The summed E-state index contributed by atoms with van der Waals surface area (Å²) in [6.07, 6.45) is 0. The largest absolute Gasteiger partial charge is 0.434 e. The van der Waals surface area contributed by atoms with Gasteiger partial charge in [0.25, 0.3) is 11.1 Å². The highest BCUT2D eigenvalue weighted by Gasteiger charge is 2.16. The van der Waals surface area contributed by atoms with Crippen molar-refractivity contribution in [1.82, 2.24) is 25.0 Å². The van der Waals surface area contributed by atoms with E-state index in [1.165, 1.54) is 13.0 Å². The first-order chi connectivity index (χ1) is 16.2. The van der Waals surface area contributed by atoms with E-state index in [2.05, 4.69) is 10.2 Å². The highest BCUT2D eigenvalue weighted by atomic mass is 35.5. The third-order valence-corrected chi connectivity index (χ3v) is 3.91. The number of hydrogen-bond donors (Lipinski definition) is 2. The molecule has 0 saturated carbocycles. The maximum Gasteiger partial charge on any atom is 0.349 e. The smallest absolute Gasteiger partial charge is 0.349 e. The predicted octanol–water partition coefficient (Wildman–Crippen LogP) is 2.10. The summed E-state index contributed by atoms with van der Waals surface area (Å²) >= 11 is 12.4. The first-order valence-corrected chi connectivity index (χ1v) is 8.35. The zero-order chi connectivity index (χ0) is 26.4. The van der Waals surface area contributed by atoms with Crippen molar-refractivity contribution >= 4 is 23.2 Å². The molecule has 2 heterocycles. The molecule has 0 amide bonds. The maximum absolute atomic E-state index is 12.2. The number of benzene rings is 1. The molecule has 0 aliphatic heterocycles. The molecule has 2 N–H and O–H groups in total. The van der Waals surface area contributed by atoms with E-state index in [4.69, 9.17) is 41.4 Å². The van der Waals surface area contributed by atoms with Crippen LogP contribution < -0.4 is 21.5 Å². The fraction of sp³-hybridized carbons (Fsp3) is 0.176. The second-order valence-corrected chi connectivity index (χ2v) is 6.16. The molecule has 0 fully saturated rings. The summed E-state index contributed by atoms with van der Waals surface area (Å²) in [6, 6.07) is -0.692. The van der Waals surface area contributed by atoms with Crippen LogP contribution in [0.5, 0.6) is 11.6 Å². The molecular weight excluding hydrogens is 423 g/mol. The van der Waals surface area contributed by atoms with Gasteiger partial charge in [-0.3, -0.25) is 14.6 Å². The topological polar surface area (TPSA) is 147 Å². The van der Waals surface area contributed by atoms with Gasteiger partial charge in [0.15, 0.2) is 5.75 Å². The lowest BCUT2D eigenvalue weighted by atomic mass is 10.1. The Balaban J connectivity index is 2.22. The highest BCUT2D eigenvalue weighted by Crippen LogP contribution is 2.37. The Kier molecular flexibility index (Phi) is 3.74. The Labute approximate surface area is 180 Å². The number of nitrogens with zero attached hydrogens (tertiary/aromatic N) is 4. The molecule has 0 spiro atoms. The van der Waals surface area contributed by atoms with Gasteiger partial charge in [0.05, 0.1) is 19.8 Å². The monoisotopic (exact) mass is 440 g/mol. The van der Waals surface area contributed by atoms with E-state index in [-0.39, 0.29) is 0 Å². The average Bonchev–Trinajstić information content (AvgIpc) is 2.77. The SMILES string of the molecule is [2H]c1c(Cl)c(Oc2n[nH]c(=O)c(C(C)C([2H])([2H])[2H])c2[2H])c(Cl)c([2H])c1-n1nc(C#N)c(=O)[nH]c1=O. The normalized spacial score (nSPS) is 15.1. The number of aromatic amines is 2. The molecule has 0 radical (unpaired) electrons.